The van der Waals surface area contributed by atoms with Gasteiger partial charge in [-0.05, 0) is 47.0 Å². The Kier molecular flexibility index (Phi) is 6.34. The quantitative estimate of drug-likeness (QED) is 0.240. The van der Waals surface area contributed by atoms with E-state index in [4.69, 9.17) is 5.73 Å². The van der Waals surface area contributed by atoms with Crippen LogP contribution in [0.1, 0.15) is 31.9 Å². The Balaban J connectivity index is 1.30. The number of aliphatic imine (C=N–C) groups is 1. The van der Waals surface area contributed by atoms with Gasteiger partial charge in [0.2, 0.25) is 5.91 Å². The van der Waals surface area contributed by atoms with Crippen molar-refractivity contribution in [2.45, 2.75) is 23.7 Å². The predicted octanol–water partition coefficient (Wildman–Crippen LogP) is 3.33. The van der Waals surface area contributed by atoms with E-state index in [2.05, 4.69) is 26.2 Å². The molecule has 0 aromatic heterocycles. The first-order valence-electron chi connectivity index (χ1n) is 11.4. The lowest BCUT2D eigenvalue weighted by Gasteiger charge is -2.27. The number of nitrogens with zero attached hydrogens (tertiary/aromatic N) is 2. The number of hydrogen-bond acceptors (Lipinski definition) is 6. The maximum atomic E-state index is 13.0. The predicted molar refractivity (Wildman–Crippen MR) is 141 cm³/mol. The number of nitrogens with two attached hydrogens (primary N) is 1. The zero-order valence-electron chi connectivity index (χ0n) is 19.3. The van der Waals surface area contributed by atoms with Crippen LogP contribution in [0.4, 0.5) is 17.1 Å². The Labute approximate surface area is 220 Å². The molecule has 186 valence electrons. The van der Waals surface area contributed by atoms with Gasteiger partial charge in [-0.15, -0.1) is 0 Å². The van der Waals surface area contributed by atoms with Crippen molar-refractivity contribution in [3.05, 3.63) is 89.0 Å². The van der Waals surface area contributed by atoms with Gasteiger partial charge in [-0.25, -0.2) is 14.7 Å². The number of rotatable bonds is 6. The summed E-state index contributed by atoms with van der Waals surface area (Å²) in [5.74, 6) is -2.61. The molecule has 0 aliphatic carbocycles. The van der Waals surface area contributed by atoms with Crippen LogP contribution in [0.15, 0.2) is 71.7 Å². The molecule has 0 saturated carbocycles. The number of anilines is 2. The van der Waals surface area contributed by atoms with Crippen molar-refractivity contribution in [2.24, 2.45) is 4.99 Å². The zero-order valence-corrected chi connectivity index (χ0v) is 20.9. The average molecular weight is 561 g/mol. The number of carboxylic acids is 1. The molecule has 4 N–H and O–H groups in total. The molecule has 0 radical (unpaired) electrons. The number of carbonyl (C=O) groups excluding carboxylic acids is 3. The van der Waals surface area contributed by atoms with Crippen LogP contribution in [0.5, 0.6) is 0 Å². The summed E-state index contributed by atoms with van der Waals surface area (Å²) in [4.78, 5) is 55.5. The number of para-hydroxylation sites is 1. The van der Waals surface area contributed by atoms with E-state index in [-0.39, 0.29) is 24.5 Å². The van der Waals surface area contributed by atoms with Gasteiger partial charge in [-0.2, -0.15) is 0 Å². The molecule has 2 aliphatic heterocycles. The Morgan fingerprint density at radius 3 is 2.54 bits per heavy atom. The van der Waals surface area contributed by atoms with Crippen molar-refractivity contribution in [1.82, 2.24) is 5.32 Å². The molecule has 3 amide bonds. The Hall–Kier alpha value is -4.31. The Bertz CT molecular complexity index is 1480. The monoisotopic (exact) mass is 560 g/mol. The molecule has 2 unspecified atom stereocenters. The topological polar surface area (TPSA) is 142 Å². The third-order valence-electron chi connectivity index (χ3n) is 6.32. The number of carbonyl (C=O) groups is 4. The SMILES string of the molecule is Nc1ccc2c(c1)C(=O)N(c1ccc(CC(NC(=O)C3=Nc4ccccc4C3Br)C(=O)O)cc1)C(=O)C2. The zero-order chi connectivity index (χ0) is 26.3. The number of imide groups is 1. The summed E-state index contributed by atoms with van der Waals surface area (Å²) in [6.45, 7) is 0. The maximum Gasteiger partial charge on any atom is 0.326 e. The van der Waals surface area contributed by atoms with Crippen LogP contribution in [-0.4, -0.2) is 40.6 Å². The van der Waals surface area contributed by atoms with E-state index in [0.29, 0.717) is 33.8 Å². The molecule has 0 saturated heterocycles. The highest BCUT2D eigenvalue weighted by Gasteiger charge is 2.33. The van der Waals surface area contributed by atoms with Gasteiger partial charge in [0.05, 0.1) is 22.6 Å². The summed E-state index contributed by atoms with van der Waals surface area (Å²) in [7, 11) is 0. The van der Waals surface area contributed by atoms with Crippen LogP contribution in [0, 0.1) is 0 Å². The fourth-order valence-electron chi connectivity index (χ4n) is 4.44. The van der Waals surface area contributed by atoms with E-state index >= 15 is 0 Å². The lowest BCUT2D eigenvalue weighted by Crippen LogP contribution is -2.45. The number of alkyl halides is 1. The van der Waals surface area contributed by atoms with E-state index in [9.17, 15) is 24.3 Å². The van der Waals surface area contributed by atoms with E-state index in [0.717, 1.165) is 10.5 Å². The van der Waals surface area contributed by atoms with Gasteiger partial charge in [-0.1, -0.05) is 52.3 Å². The van der Waals surface area contributed by atoms with Crippen molar-refractivity contribution in [3.63, 3.8) is 0 Å². The summed E-state index contributed by atoms with van der Waals surface area (Å²) < 4.78 is 0. The molecule has 37 heavy (non-hydrogen) atoms. The lowest BCUT2D eigenvalue weighted by molar-refractivity contribution is -0.141. The molecule has 0 bridgehead atoms. The van der Waals surface area contributed by atoms with Crippen molar-refractivity contribution in [2.75, 3.05) is 10.6 Å². The molecule has 0 fully saturated rings. The number of nitrogen functional groups attached to an aromatic ring is 1. The molecule has 10 heteroatoms. The average Bonchev–Trinajstić information content (AvgIpc) is 3.22. The number of halogens is 1. The second-order valence-electron chi connectivity index (χ2n) is 8.78. The first-order valence-corrected chi connectivity index (χ1v) is 12.3. The van der Waals surface area contributed by atoms with Crippen LogP contribution >= 0.6 is 15.9 Å². The number of fused-ring (bicyclic) bond motifs is 2. The second kappa shape index (κ2) is 9.62. The highest BCUT2D eigenvalue weighted by Crippen LogP contribution is 2.39. The molecule has 2 atom stereocenters. The van der Waals surface area contributed by atoms with E-state index < -0.39 is 28.7 Å². The first-order chi connectivity index (χ1) is 17.7. The van der Waals surface area contributed by atoms with Gasteiger partial charge in [0, 0.05) is 17.7 Å². The summed E-state index contributed by atoms with van der Waals surface area (Å²) >= 11 is 3.46. The van der Waals surface area contributed by atoms with Gasteiger partial charge in [-0.3, -0.25) is 14.4 Å². The van der Waals surface area contributed by atoms with Crippen LogP contribution in [0.3, 0.4) is 0 Å². The molecule has 0 spiro atoms. The third-order valence-corrected chi connectivity index (χ3v) is 7.25. The molecular weight excluding hydrogens is 540 g/mol. The minimum atomic E-state index is -1.21. The van der Waals surface area contributed by atoms with Crippen molar-refractivity contribution in [1.29, 1.82) is 0 Å². The summed E-state index contributed by atoms with van der Waals surface area (Å²) in [5, 5.41) is 12.3. The Morgan fingerprint density at radius 1 is 1.11 bits per heavy atom. The molecule has 9 nitrogen and oxygen atoms in total. The molecule has 3 aromatic carbocycles. The molecule has 2 heterocycles. The van der Waals surface area contributed by atoms with Gasteiger partial charge in [0.25, 0.3) is 11.8 Å². The standard InChI is InChI=1S/C27H21BrN4O5/c28-23-18-3-1-2-4-20(18)30-24(23)25(34)31-21(27(36)37)11-14-5-9-17(10-6-14)32-22(33)12-15-7-8-16(29)13-19(15)26(32)35/h1-10,13,21,23H,11-12,29H2,(H,31,34)(H,36,37). The van der Waals surface area contributed by atoms with Gasteiger partial charge >= 0.3 is 5.97 Å². The number of hydrogen-bond donors (Lipinski definition) is 3. The lowest BCUT2D eigenvalue weighted by atomic mass is 9.97. The molecule has 2 aliphatic rings. The highest BCUT2D eigenvalue weighted by molar-refractivity contribution is 9.09. The van der Waals surface area contributed by atoms with Crippen LogP contribution in [0.2, 0.25) is 0 Å². The van der Waals surface area contributed by atoms with Crippen LogP contribution in [-0.2, 0) is 27.2 Å². The van der Waals surface area contributed by atoms with E-state index in [1.165, 1.54) is 0 Å². The molecule has 5 rings (SSSR count). The van der Waals surface area contributed by atoms with Crippen LogP contribution in [0.25, 0.3) is 0 Å². The third kappa shape index (κ3) is 4.63. The number of aliphatic carboxylic acids is 1. The van der Waals surface area contributed by atoms with Crippen molar-refractivity contribution >= 4 is 62.4 Å². The fraction of sp³-hybridized carbons (Fsp3) is 0.148. The maximum absolute atomic E-state index is 13.0. The minimum Gasteiger partial charge on any atom is -0.480 e. The largest absolute Gasteiger partial charge is 0.480 e. The van der Waals surface area contributed by atoms with Gasteiger partial charge in [0.15, 0.2) is 0 Å². The molecule has 3 aromatic rings. The summed E-state index contributed by atoms with van der Waals surface area (Å²) in [6.07, 6.45) is 0.0638. The normalized spacial score (nSPS) is 17.1. The first kappa shape index (κ1) is 24.4. The van der Waals surface area contributed by atoms with E-state index in [1.807, 2.05) is 18.2 Å². The van der Waals surface area contributed by atoms with Crippen LogP contribution < -0.4 is 16.0 Å². The number of benzene rings is 3. The molecular formula is C27H21BrN4O5. The summed E-state index contributed by atoms with van der Waals surface area (Å²) in [5.41, 5.74) is 9.88. The van der Waals surface area contributed by atoms with E-state index in [1.54, 1.807) is 48.5 Å². The Morgan fingerprint density at radius 2 is 1.84 bits per heavy atom. The number of nitrogens with one attached hydrogen (secondary N) is 1. The number of carboxylic acid groups (broad SMARTS) is 1. The smallest absolute Gasteiger partial charge is 0.326 e. The van der Waals surface area contributed by atoms with Gasteiger partial charge < -0.3 is 16.2 Å². The van der Waals surface area contributed by atoms with Gasteiger partial charge in [0.1, 0.15) is 11.8 Å². The highest BCUT2D eigenvalue weighted by atomic mass is 79.9. The summed E-state index contributed by atoms with van der Waals surface area (Å²) in [6, 6.07) is 17.4. The second-order valence-corrected chi connectivity index (χ2v) is 9.70. The van der Waals surface area contributed by atoms with Crippen molar-refractivity contribution < 1.29 is 24.3 Å². The van der Waals surface area contributed by atoms with Crippen molar-refractivity contribution in [3.8, 4) is 0 Å². The minimum absolute atomic E-state index is 0.00417. The number of amides is 3. The fourth-order valence-corrected chi connectivity index (χ4v) is 5.13.